The van der Waals surface area contributed by atoms with Gasteiger partial charge in [-0.25, -0.2) is 4.39 Å². The van der Waals surface area contributed by atoms with E-state index in [0.717, 1.165) is 24.8 Å². The standard InChI is InChI=1S/C17H25FN2O2/c1-3-4-5-11-19-17(22)10-12-20(14(2)21)13-15-6-8-16(18)9-7-15/h6-9H,3-5,10-13H2,1-2H3,(H,19,22). The molecular weight excluding hydrogens is 283 g/mol. The molecule has 1 aromatic carbocycles. The minimum atomic E-state index is -0.301. The van der Waals surface area contributed by atoms with E-state index in [0.29, 0.717) is 19.6 Å². The molecule has 0 saturated heterocycles. The Morgan fingerprint density at radius 1 is 1.18 bits per heavy atom. The van der Waals surface area contributed by atoms with Gasteiger partial charge in [0, 0.05) is 33.0 Å². The van der Waals surface area contributed by atoms with Crippen molar-refractivity contribution in [3.05, 3.63) is 35.6 Å². The van der Waals surface area contributed by atoms with Crippen LogP contribution >= 0.6 is 0 Å². The van der Waals surface area contributed by atoms with Gasteiger partial charge in [-0.1, -0.05) is 31.9 Å². The van der Waals surface area contributed by atoms with Crippen molar-refractivity contribution in [2.45, 2.75) is 46.1 Å². The lowest BCUT2D eigenvalue weighted by Crippen LogP contribution is -2.33. The number of hydrogen-bond donors (Lipinski definition) is 1. The first-order valence-electron chi connectivity index (χ1n) is 7.79. The van der Waals surface area contributed by atoms with Crippen molar-refractivity contribution in [2.75, 3.05) is 13.1 Å². The summed E-state index contributed by atoms with van der Waals surface area (Å²) in [5.41, 5.74) is 0.847. The number of amides is 2. The van der Waals surface area contributed by atoms with Crippen LogP contribution < -0.4 is 5.32 Å². The second-order valence-corrected chi connectivity index (χ2v) is 5.37. The number of benzene rings is 1. The second kappa shape index (κ2) is 9.92. The summed E-state index contributed by atoms with van der Waals surface area (Å²) in [6, 6.07) is 6.04. The molecule has 22 heavy (non-hydrogen) atoms. The predicted octanol–water partition coefficient (Wildman–Crippen LogP) is 2.87. The fraction of sp³-hybridized carbons (Fsp3) is 0.529. The van der Waals surface area contributed by atoms with Crippen LogP contribution in [0, 0.1) is 5.82 Å². The topological polar surface area (TPSA) is 49.4 Å². The Kier molecular flexibility index (Phi) is 8.18. The normalized spacial score (nSPS) is 10.3. The van der Waals surface area contributed by atoms with E-state index in [-0.39, 0.29) is 24.1 Å². The highest BCUT2D eigenvalue weighted by Crippen LogP contribution is 2.07. The quantitative estimate of drug-likeness (QED) is 0.713. The third-order valence-corrected chi connectivity index (χ3v) is 3.44. The van der Waals surface area contributed by atoms with E-state index in [2.05, 4.69) is 12.2 Å². The molecule has 0 saturated carbocycles. The fourth-order valence-electron chi connectivity index (χ4n) is 2.09. The lowest BCUT2D eigenvalue weighted by atomic mass is 10.2. The van der Waals surface area contributed by atoms with E-state index in [1.807, 2.05) is 0 Å². The first-order chi connectivity index (χ1) is 10.5. The Bertz CT molecular complexity index is 474. The van der Waals surface area contributed by atoms with E-state index in [1.54, 1.807) is 17.0 Å². The van der Waals surface area contributed by atoms with Gasteiger partial charge in [-0.15, -0.1) is 0 Å². The molecule has 0 aliphatic carbocycles. The first kappa shape index (κ1) is 18.1. The summed E-state index contributed by atoms with van der Waals surface area (Å²) in [5.74, 6) is -0.436. The van der Waals surface area contributed by atoms with Gasteiger partial charge in [0.2, 0.25) is 11.8 Å². The summed E-state index contributed by atoms with van der Waals surface area (Å²) in [5, 5.41) is 2.86. The molecule has 0 aliphatic heterocycles. The van der Waals surface area contributed by atoms with E-state index in [1.165, 1.54) is 19.1 Å². The molecule has 0 heterocycles. The Balaban J connectivity index is 2.39. The van der Waals surface area contributed by atoms with Crippen LogP contribution in [0.4, 0.5) is 4.39 Å². The number of nitrogens with one attached hydrogen (secondary N) is 1. The molecule has 2 amide bonds. The van der Waals surface area contributed by atoms with Crippen LogP contribution in [-0.2, 0) is 16.1 Å². The molecule has 1 aromatic rings. The third-order valence-electron chi connectivity index (χ3n) is 3.44. The number of rotatable bonds is 9. The van der Waals surface area contributed by atoms with Crippen LogP contribution in [0.1, 0.15) is 45.1 Å². The molecule has 122 valence electrons. The average Bonchev–Trinajstić information content (AvgIpc) is 2.49. The van der Waals surface area contributed by atoms with E-state index >= 15 is 0 Å². The summed E-state index contributed by atoms with van der Waals surface area (Å²) >= 11 is 0. The zero-order valence-corrected chi connectivity index (χ0v) is 13.4. The van der Waals surface area contributed by atoms with Gasteiger partial charge in [0.25, 0.3) is 0 Å². The summed E-state index contributed by atoms with van der Waals surface area (Å²) in [6.07, 6.45) is 3.48. The number of nitrogens with zero attached hydrogens (tertiary/aromatic N) is 1. The SMILES string of the molecule is CCCCCNC(=O)CCN(Cc1ccc(F)cc1)C(C)=O. The number of carbonyl (C=O) groups is 2. The largest absolute Gasteiger partial charge is 0.356 e. The van der Waals surface area contributed by atoms with Gasteiger partial charge in [0.1, 0.15) is 5.82 Å². The van der Waals surface area contributed by atoms with Gasteiger partial charge in [-0.05, 0) is 24.1 Å². The van der Waals surface area contributed by atoms with Gasteiger partial charge >= 0.3 is 0 Å². The number of unbranched alkanes of at least 4 members (excludes halogenated alkanes) is 2. The molecule has 0 aliphatic rings. The van der Waals surface area contributed by atoms with Crippen molar-refractivity contribution < 1.29 is 14.0 Å². The molecule has 5 heteroatoms. The lowest BCUT2D eigenvalue weighted by Gasteiger charge is -2.21. The Morgan fingerprint density at radius 3 is 2.45 bits per heavy atom. The lowest BCUT2D eigenvalue weighted by molar-refractivity contribution is -0.130. The fourth-order valence-corrected chi connectivity index (χ4v) is 2.09. The van der Waals surface area contributed by atoms with Gasteiger partial charge < -0.3 is 10.2 Å². The minimum absolute atomic E-state index is 0.0403. The Labute approximate surface area is 131 Å². The predicted molar refractivity (Wildman–Crippen MR) is 84.6 cm³/mol. The van der Waals surface area contributed by atoms with Crippen molar-refractivity contribution in [3.63, 3.8) is 0 Å². The summed E-state index contributed by atoms with van der Waals surface area (Å²) in [4.78, 5) is 25.0. The van der Waals surface area contributed by atoms with Crippen LogP contribution in [0.5, 0.6) is 0 Å². The van der Waals surface area contributed by atoms with Gasteiger partial charge in [0.05, 0.1) is 0 Å². The molecule has 0 atom stereocenters. The average molecular weight is 308 g/mol. The zero-order valence-electron chi connectivity index (χ0n) is 13.4. The molecule has 0 radical (unpaired) electrons. The maximum Gasteiger partial charge on any atom is 0.221 e. The Morgan fingerprint density at radius 2 is 1.86 bits per heavy atom. The molecular formula is C17H25FN2O2. The van der Waals surface area contributed by atoms with Gasteiger partial charge in [-0.3, -0.25) is 9.59 Å². The number of carbonyl (C=O) groups excluding carboxylic acids is 2. The molecule has 0 aromatic heterocycles. The minimum Gasteiger partial charge on any atom is -0.356 e. The van der Waals surface area contributed by atoms with Gasteiger partial charge in [0.15, 0.2) is 0 Å². The Hall–Kier alpha value is -1.91. The monoisotopic (exact) mass is 308 g/mol. The van der Waals surface area contributed by atoms with Crippen LogP contribution in [-0.4, -0.2) is 29.8 Å². The number of halogens is 1. The van der Waals surface area contributed by atoms with Crippen LogP contribution in [0.2, 0.25) is 0 Å². The van der Waals surface area contributed by atoms with Crippen molar-refractivity contribution >= 4 is 11.8 Å². The molecule has 0 spiro atoms. The molecule has 1 rings (SSSR count). The summed E-state index contributed by atoms with van der Waals surface area (Å²) < 4.78 is 12.9. The smallest absolute Gasteiger partial charge is 0.221 e. The molecule has 0 unspecified atom stereocenters. The summed E-state index contributed by atoms with van der Waals surface area (Å²) in [7, 11) is 0. The van der Waals surface area contributed by atoms with E-state index in [9.17, 15) is 14.0 Å². The van der Waals surface area contributed by atoms with Crippen LogP contribution in [0.25, 0.3) is 0 Å². The number of hydrogen-bond acceptors (Lipinski definition) is 2. The zero-order chi connectivity index (χ0) is 16.4. The van der Waals surface area contributed by atoms with Crippen molar-refractivity contribution in [1.29, 1.82) is 0 Å². The third kappa shape index (κ3) is 7.20. The highest BCUT2D eigenvalue weighted by molar-refractivity contribution is 5.77. The van der Waals surface area contributed by atoms with Crippen LogP contribution in [0.15, 0.2) is 24.3 Å². The van der Waals surface area contributed by atoms with E-state index < -0.39 is 0 Å². The second-order valence-electron chi connectivity index (χ2n) is 5.37. The van der Waals surface area contributed by atoms with Crippen molar-refractivity contribution in [3.8, 4) is 0 Å². The first-order valence-corrected chi connectivity index (χ1v) is 7.79. The molecule has 4 nitrogen and oxygen atoms in total. The van der Waals surface area contributed by atoms with Crippen molar-refractivity contribution in [2.24, 2.45) is 0 Å². The van der Waals surface area contributed by atoms with Crippen molar-refractivity contribution in [1.82, 2.24) is 10.2 Å². The molecule has 0 fully saturated rings. The van der Waals surface area contributed by atoms with Crippen LogP contribution in [0.3, 0.4) is 0 Å². The maximum atomic E-state index is 12.9. The highest BCUT2D eigenvalue weighted by Gasteiger charge is 2.11. The van der Waals surface area contributed by atoms with Gasteiger partial charge in [-0.2, -0.15) is 0 Å². The maximum absolute atomic E-state index is 12.9. The molecule has 0 bridgehead atoms. The highest BCUT2D eigenvalue weighted by atomic mass is 19.1. The summed E-state index contributed by atoms with van der Waals surface area (Å²) in [6.45, 7) is 5.03. The molecule has 1 N–H and O–H groups in total. The van der Waals surface area contributed by atoms with E-state index in [4.69, 9.17) is 0 Å².